The molecule has 1 N–H and O–H groups in total. The van der Waals surface area contributed by atoms with Gasteiger partial charge in [-0.25, -0.2) is 0 Å². The third-order valence-corrected chi connectivity index (χ3v) is 3.96. The highest BCUT2D eigenvalue weighted by Gasteiger charge is 2.18. The highest BCUT2D eigenvalue weighted by atomic mass is 15.3. The van der Waals surface area contributed by atoms with Crippen molar-refractivity contribution in [3.63, 3.8) is 0 Å². The average molecular weight is 225 g/mol. The quantitative estimate of drug-likeness (QED) is 0.757. The maximum absolute atomic E-state index is 3.59. The second-order valence-corrected chi connectivity index (χ2v) is 5.27. The Bertz CT molecular complexity index is 182. The highest BCUT2D eigenvalue weighted by Crippen LogP contribution is 2.10. The molecule has 0 bridgehead atoms. The largest absolute Gasteiger partial charge is 0.314 e. The van der Waals surface area contributed by atoms with Gasteiger partial charge in [0.05, 0.1) is 0 Å². The molecule has 2 fully saturated rings. The molecule has 1 unspecified atom stereocenters. The van der Waals surface area contributed by atoms with Crippen LogP contribution in [-0.2, 0) is 0 Å². The molecule has 16 heavy (non-hydrogen) atoms. The van der Waals surface area contributed by atoms with Gasteiger partial charge in [0, 0.05) is 32.2 Å². The maximum atomic E-state index is 3.59. The van der Waals surface area contributed by atoms with Gasteiger partial charge in [-0.15, -0.1) is 0 Å². The Hall–Kier alpha value is -0.120. The third kappa shape index (κ3) is 3.72. The molecule has 0 aromatic heterocycles. The summed E-state index contributed by atoms with van der Waals surface area (Å²) in [5.74, 6) is 0. The van der Waals surface area contributed by atoms with Crippen molar-refractivity contribution in [1.82, 2.24) is 15.1 Å². The van der Waals surface area contributed by atoms with Crippen molar-refractivity contribution in [2.24, 2.45) is 0 Å². The van der Waals surface area contributed by atoms with E-state index in [1.807, 2.05) is 0 Å². The fraction of sp³-hybridized carbons (Fsp3) is 1.00. The van der Waals surface area contributed by atoms with Crippen molar-refractivity contribution in [3.05, 3.63) is 0 Å². The lowest BCUT2D eigenvalue weighted by molar-refractivity contribution is 0.129. The van der Waals surface area contributed by atoms with Gasteiger partial charge in [0.15, 0.2) is 0 Å². The van der Waals surface area contributed by atoms with Gasteiger partial charge < -0.3 is 15.1 Å². The van der Waals surface area contributed by atoms with Crippen LogP contribution in [0.25, 0.3) is 0 Å². The maximum Gasteiger partial charge on any atom is 0.0110 e. The van der Waals surface area contributed by atoms with E-state index in [9.17, 15) is 0 Å². The smallest absolute Gasteiger partial charge is 0.0110 e. The van der Waals surface area contributed by atoms with E-state index in [1.165, 1.54) is 71.5 Å². The molecule has 0 radical (unpaired) electrons. The van der Waals surface area contributed by atoms with E-state index < -0.39 is 0 Å². The van der Waals surface area contributed by atoms with Crippen LogP contribution < -0.4 is 5.32 Å². The van der Waals surface area contributed by atoms with Gasteiger partial charge in [-0.2, -0.15) is 0 Å². The zero-order valence-corrected chi connectivity index (χ0v) is 10.7. The minimum Gasteiger partial charge on any atom is -0.314 e. The number of hydrogen-bond donors (Lipinski definition) is 1. The molecule has 0 aliphatic carbocycles. The molecule has 0 aromatic carbocycles. The molecular weight excluding hydrogens is 198 g/mol. The van der Waals surface area contributed by atoms with Crippen LogP contribution in [0.2, 0.25) is 0 Å². The Kier molecular flexibility index (Phi) is 5.07. The molecule has 94 valence electrons. The molecule has 2 rings (SSSR count). The standard InChI is InChI=1S/C13H27N3/c1-2-7-15-9-11-16(12-10-15)8-5-13-4-3-6-14-13/h13-14H,2-12H2,1H3. The normalized spacial score (nSPS) is 28.7. The van der Waals surface area contributed by atoms with E-state index in [0.29, 0.717) is 0 Å². The average Bonchev–Trinajstić information content (AvgIpc) is 2.82. The lowest BCUT2D eigenvalue weighted by atomic mass is 10.1. The van der Waals surface area contributed by atoms with E-state index in [2.05, 4.69) is 22.0 Å². The summed E-state index contributed by atoms with van der Waals surface area (Å²) >= 11 is 0. The first-order chi connectivity index (χ1) is 7.88. The van der Waals surface area contributed by atoms with Crippen LogP contribution in [0.5, 0.6) is 0 Å². The summed E-state index contributed by atoms with van der Waals surface area (Å²) in [6.07, 6.45) is 5.44. The van der Waals surface area contributed by atoms with Crippen LogP contribution in [0.3, 0.4) is 0 Å². The number of rotatable bonds is 5. The van der Waals surface area contributed by atoms with Gasteiger partial charge in [-0.3, -0.25) is 0 Å². The number of nitrogens with zero attached hydrogens (tertiary/aromatic N) is 2. The van der Waals surface area contributed by atoms with Crippen molar-refractivity contribution < 1.29 is 0 Å². The molecule has 0 saturated carbocycles. The molecule has 0 spiro atoms. The van der Waals surface area contributed by atoms with Crippen molar-refractivity contribution >= 4 is 0 Å². The van der Waals surface area contributed by atoms with E-state index in [4.69, 9.17) is 0 Å². The lowest BCUT2D eigenvalue weighted by Crippen LogP contribution is -2.47. The fourth-order valence-corrected chi connectivity index (χ4v) is 2.89. The van der Waals surface area contributed by atoms with Crippen LogP contribution in [0, 0.1) is 0 Å². The summed E-state index contributed by atoms with van der Waals surface area (Å²) in [5, 5.41) is 3.59. The minimum atomic E-state index is 0.814. The second kappa shape index (κ2) is 6.58. The SMILES string of the molecule is CCCN1CCN(CCC2CCCN2)CC1. The summed E-state index contributed by atoms with van der Waals surface area (Å²) in [5.41, 5.74) is 0. The van der Waals surface area contributed by atoms with Crippen LogP contribution in [0.15, 0.2) is 0 Å². The third-order valence-electron chi connectivity index (χ3n) is 3.96. The first-order valence-corrected chi connectivity index (χ1v) is 7.06. The van der Waals surface area contributed by atoms with Crippen molar-refractivity contribution in [2.75, 3.05) is 45.8 Å². The fourth-order valence-electron chi connectivity index (χ4n) is 2.89. The Labute approximate surface area is 100 Å². The molecule has 3 nitrogen and oxygen atoms in total. The highest BCUT2D eigenvalue weighted by molar-refractivity contribution is 4.77. The molecule has 2 aliphatic heterocycles. The lowest BCUT2D eigenvalue weighted by Gasteiger charge is -2.34. The van der Waals surface area contributed by atoms with E-state index in [1.54, 1.807) is 0 Å². The summed E-state index contributed by atoms with van der Waals surface area (Å²) < 4.78 is 0. The zero-order valence-electron chi connectivity index (χ0n) is 10.7. The summed E-state index contributed by atoms with van der Waals surface area (Å²) in [4.78, 5) is 5.25. The predicted molar refractivity (Wildman–Crippen MR) is 68.8 cm³/mol. The molecule has 0 aromatic rings. The summed E-state index contributed by atoms with van der Waals surface area (Å²) in [7, 11) is 0. The molecule has 2 aliphatic rings. The molecule has 2 heterocycles. The summed E-state index contributed by atoms with van der Waals surface area (Å²) in [6.45, 7) is 11.3. The van der Waals surface area contributed by atoms with Crippen molar-refractivity contribution in [3.8, 4) is 0 Å². The summed E-state index contributed by atoms with van der Waals surface area (Å²) in [6, 6.07) is 0.814. The molecule has 2 saturated heterocycles. The monoisotopic (exact) mass is 225 g/mol. The van der Waals surface area contributed by atoms with E-state index >= 15 is 0 Å². The number of piperazine rings is 1. The van der Waals surface area contributed by atoms with Crippen LogP contribution in [0.4, 0.5) is 0 Å². The van der Waals surface area contributed by atoms with Crippen molar-refractivity contribution in [1.29, 1.82) is 0 Å². The molecule has 0 amide bonds. The van der Waals surface area contributed by atoms with Crippen LogP contribution in [0.1, 0.15) is 32.6 Å². The zero-order chi connectivity index (χ0) is 11.2. The Morgan fingerprint density at radius 2 is 1.75 bits per heavy atom. The Balaban J connectivity index is 1.57. The molecule has 3 heteroatoms. The van der Waals surface area contributed by atoms with Gasteiger partial charge in [0.1, 0.15) is 0 Å². The van der Waals surface area contributed by atoms with E-state index in [0.717, 1.165) is 6.04 Å². The first kappa shape index (κ1) is 12.3. The van der Waals surface area contributed by atoms with Gasteiger partial charge in [-0.1, -0.05) is 6.92 Å². The second-order valence-electron chi connectivity index (χ2n) is 5.27. The van der Waals surface area contributed by atoms with Crippen LogP contribution >= 0.6 is 0 Å². The predicted octanol–water partition coefficient (Wildman–Crippen LogP) is 1.16. The Morgan fingerprint density at radius 3 is 2.31 bits per heavy atom. The number of nitrogens with one attached hydrogen (secondary N) is 1. The minimum absolute atomic E-state index is 0.814. The van der Waals surface area contributed by atoms with Gasteiger partial charge in [-0.05, 0) is 45.3 Å². The molecule has 1 atom stereocenters. The number of hydrogen-bond acceptors (Lipinski definition) is 3. The van der Waals surface area contributed by atoms with Gasteiger partial charge in [0.2, 0.25) is 0 Å². The first-order valence-electron chi connectivity index (χ1n) is 7.06. The topological polar surface area (TPSA) is 18.5 Å². The van der Waals surface area contributed by atoms with E-state index in [-0.39, 0.29) is 0 Å². The van der Waals surface area contributed by atoms with Gasteiger partial charge in [0.25, 0.3) is 0 Å². The van der Waals surface area contributed by atoms with Gasteiger partial charge >= 0.3 is 0 Å². The molecular formula is C13H27N3. The van der Waals surface area contributed by atoms with Crippen LogP contribution in [-0.4, -0.2) is 61.7 Å². The Morgan fingerprint density at radius 1 is 1.06 bits per heavy atom. The van der Waals surface area contributed by atoms with Crippen molar-refractivity contribution in [2.45, 2.75) is 38.6 Å².